The Hall–Kier alpha value is -0.860. The summed E-state index contributed by atoms with van der Waals surface area (Å²) in [5.74, 6) is 0. The average molecular weight is 153 g/mol. The van der Waals surface area contributed by atoms with Crippen LogP contribution in [0.3, 0.4) is 0 Å². The van der Waals surface area contributed by atoms with Crippen molar-refractivity contribution in [2.24, 2.45) is 0 Å². The summed E-state index contributed by atoms with van der Waals surface area (Å²) in [6, 6.07) is 0. The van der Waals surface area contributed by atoms with Crippen LogP contribution in [-0.4, -0.2) is 15.0 Å². The molecule has 0 radical (unpaired) electrons. The summed E-state index contributed by atoms with van der Waals surface area (Å²) in [7, 11) is 0. The SMILES string of the molecule is CCc1cnnn1C(C)(C)C. The number of aromatic nitrogens is 3. The molecule has 3 nitrogen and oxygen atoms in total. The first kappa shape index (κ1) is 8.24. The van der Waals surface area contributed by atoms with Crippen molar-refractivity contribution < 1.29 is 0 Å². The maximum absolute atomic E-state index is 4.02. The van der Waals surface area contributed by atoms with Gasteiger partial charge in [0, 0.05) is 0 Å². The Kier molecular flexibility index (Phi) is 1.98. The van der Waals surface area contributed by atoms with E-state index in [1.807, 2.05) is 10.9 Å². The fraction of sp³-hybridized carbons (Fsp3) is 0.750. The van der Waals surface area contributed by atoms with Crippen molar-refractivity contribution in [1.29, 1.82) is 0 Å². The smallest absolute Gasteiger partial charge is 0.0725 e. The van der Waals surface area contributed by atoms with Gasteiger partial charge in [0.15, 0.2) is 0 Å². The second-order valence-corrected chi connectivity index (χ2v) is 3.66. The van der Waals surface area contributed by atoms with Crippen LogP contribution in [0.15, 0.2) is 6.20 Å². The van der Waals surface area contributed by atoms with E-state index in [1.165, 1.54) is 5.69 Å². The molecule has 0 fully saturated rings. The van der Waals surface area contributed by atoms with E-state index in [4.69, 9.17) is 0 Å². The van der Waals surface area contributed by atoms with E-state index in [9.17, 15) is 0 Å². The van der Waals surface area contributed by atoms with Crippen molar-refractivity contribution >= 4 is 0 Å². The lowest BCUT2D eigenvalue weighted by molar-refractivity contribution is 0.336. The van der Waals surface area contributed by atoms with Crippen LogP contribution < -0.4 is 0 Å². The summed E-state index contributed by atoms with van der Waals surface area (Å²) < 4.78 is 1.97. The van der Waals surface area contributed by atoms with Gasteiger partial charge in [0.25, 0.3) is 0 Å². The van der Waals surface area contributed by atoms with Gasteiger partial charge in [0.05, 0.1) is 17.4 Å². The zero-order valence-electron chi connectivity index (χ0n) is 7.63. The number of hydrogen-bond donors (Lipinski definition) is 0. The number of rotatable bonds is 1. The highest BCUT2D eigenvalue weighted by molar-refractivity contribution is 4.96. The van der Waals surface area contributed by atoms with E-state index in [2.05, 4.69) is 38.0 Å². The first-order chi connectivity index (χ1) is 5.05. The van der Waals surface area contributed by atoms with Crippen LogP contribution in [0, 0.1) is 0 Å². The molecule has 0 saturated heterocycles. The van der Waals surface area contributed by atoms with Crippen LogP contribution in [0.1, 0.15) is 33.4 Å². The summed E-state index contributed by atoms with van der Waals surface area (Å²) in [6.45, 7) is 8.49. The van der Waals surface area contributed by atoms with E-state index in [0.717, 1.165) is 6.42 Å². The van der Waals surface area contributed by atoms with Gasteiger partial charge in [-0.15, -0.1) is 5.10 Å². The highest BCUT2D eigenvalue weighted by Gasteiger charge is 2.16. The van der Waals surface area contributed by atoms with Gasteiger partial charge in [0.1, 0.15) is 0 Å². The van der Waals surface area contributed by atoms with Gasteiger partial charge in [-0.05, 0) is 27.2 Å². The summed E-state index contributed by atoms with van der Waals surface area (Å²) in [5, 5.41) is 7.90. The number of nitrogens with zero attached hydrogens (tertiary/aromatic N) is 3. The Morgan fingerprint density at radius 3 is 2.45 bits per heavy atom. The van der Waals surface area contributed by atoms with E-state index in [-0.39, 0.29) is 5.54 Å². The highest BCUT2D eigenvalue weighted by Crippen LogP contribution is 2.14. The molecule has 1 rings (SSSR count). The molecule has 1 aromatic rings. The zero-order chi connectivity index (χ0) is 8.48. The second-order valence-electron chi connectivity index (χ2n) is 3.66. The third-order valence-electron chi connectivity index (χ3n) is 1.62. The van der Waals surface area contributed by atoms with E-state index >= 15 is 0 Å². The van der Waals surface area contributed by atoms with Gasteiger partial charge in [-0.25, -0.2) is 4.68 Å². The van der Waals surface area contributed by atoms with Crippen molar-refractivity contribution in [3.05, 3.63) is 11.9 Å². The molecular weight excluding hydrogens is 138 g/mol. The molecule has 0 unspecified atom stereocenters. The Bertz CT molecular complexity index is 232. The van der Waals surface area contributed by atoms with Crippen LogP contribution in [-0.2, 0) is 12.0 Å². The minimum atomic E-state index is 0.0574. The van der Waals surface area contributed by atoms with Crippen molar-refractivity contribution in [3.63, 3.8) is 0 Å². The minimum absolute atomic E-state index is 0.0574. The molecule has 0 aromatic carbocycles. The molecule has 1 aromatic heterocycles. The Labute approximate surface area is 67.4 Å². The molecule has 1 heterocycles. The zero-order valence-corrected chi connectivity index (χ0v) is 7.63. The van der Waals surface area contributed by atoms with Gasteiger partial charge in [-0.3, -0.25) is 0 Å². The fourth-order valence-corrected chi connectivity index (χ4v) is 1.06. The predicted octanol–water partition coefficient (Wildman–Crippen LogP) is 1.60. The van der Waals surface area contributed by atoms with Gasteiger partial charge >= 0.3 is 0 Å². The fourth-order valence-electron chi connectivity index (χ4n) is 1.06. The minimum Gasteiger partial charge on any atom is -0.244 e. The molecule has 0 atom stereocenters. The molecule has 0 spiro atoms. The third-order valence-corrected chi connectivity index (χ3v) is 1.62. The molecule has 62 valence electrons. The summed E-state index contributed by atoms with van der Waals surface area (Å²) in [4.78, 5) is 0. The molecular formula is C8H15N3. The van der Waals surface area contributed by atoms with Crippen LogP contribution in [0.4, 0.5) is 0 Å². The lowest BCUT2D eigenvalue weighted by atomic mass is 10.1. The molecule has 0 saturated carbocycles. The van der Waals surface area contributed by atoms with E-state index < -0.39 is 0 Å². The number of aryl methyl sites for hydroxylation is 1. The summed E-state index contributed by atoms with van der Waals surface area (Å²) in [5.41, 5.74) is 1.25. The van der Waals surface area contributed by atoms with Crippen LogP contribution in [0.2, 0.25) is 0 Å². The van der Waals surface area contributed by atoms with Crippen molar-refractivity contribution in [2.45, 2.75) is 39.7 Å². The quantitative estimate of drug-likeness (QED) is 0.613. The van der Waals surface area contributed by atoms with Gasteiger partial charge < -0.3 is 0 Å². The van der Waals surface area contributed by atoms with Crippen molar-refractivity contribution in [1.82, 2.24) is 15.0 Å². The lowest BCUT2D eigenvalue weighted by Crippen LogP contribution is -2.25. The maximum atomic E-state index is 4.02. The molecule has 3 heteroatoms. The molecule has 0 aliphatic carbocycles. The van der Waals surface area contributed by atoms with Crippen LogP contribution >= 0.6 is 0 Å². The molecule has 0 amide bonds. The Balaban J connectivity index is 3.02. The van der Waals surface area contributed by atoms with Crippen LogP contribution in [0.5, 0.6) is 0 Å². The van der Waals surface area contributed by atoms with Crippen molar-refractivity contribution in [2.75, 3.05) is 0 Å². The maximum Gasteiger partial charge on any atom is 0.0725 e. The van der Waals surface area contributed by atoms with Gasteiger partial charge in [0.2, 0.25) is 0 Å². The molecule has 0 aliphatic rings. The Morgan fingerprint density at radius 1 is 1.45 bits per heavy atom. The third kappa shape index (κ3) is 1.59. The monoisotopic (exact) mass is 153 g/mol. The predicted molar refractivity (Wildman–Crippen MR) is 44.4 cm³/mol. The summed E-state index contributed by atoms with van der Waals surface area (Å²) in [6.07, 6.45) is 2.82. The van der Waals surface area contributed by atoms with Gasteiger partial charge in [-0.2, -0.15) is 0 Å². The van der Waals surface area contributed by atoms with Gasteiger partial charge in [-0.1, -0.05) is 12.1 Å². The average Bonchev–Trinajstić information content (AvgIpc) is 2.31. The first-order valence-corrected chi connectivity index (χ1v) is 3.95. The second kappa shape index (κ2) is 2.64. The largest absolute Gasteiger partial charge is 0.244 e. The van der Waals surface area contributed by atoms with E-state index in [0.29, 0.717) is 0 Å². The van der Waals surface area contributed by atoms with Crippen LogP contribution in [0.25, 0.3) is 0 Å². The van der Waals surface area contributed by atoms with E-state index in [1.54, 1.807) is 0 Å². The standard InChI is InChI=1S/C8H15N3/c1-5-7-6-9-10-11(7)8(2,3)4/h6H,5H2,1-4H3. The number of hydrogen-bond acceptors (Lipinski definition) is 2. The van der Waals surface area contributed by atoms with Crippen molar-refractivity contribution in [3.8, 4) is 0 Å². The highest BCUT2D eigenvalue weighted by atomic mass is 15.4. The molecule has 0 N–H and O–H groups in total. The molecule has 11 heavy (non-hydrogen) atoms. The Morgan fingerprint density at radius 2 is 2.09 bits per heavy atom. The summed E-state index contributed by atoms with van der Waals surface area (Å²) >= 11 is 0. The molecule has 0 aliphatic heterocycles. The topological polar surface area (TPSA) is 30.7 Å². The normalized spacial score (nSPS) is 12.0. The first-order valence-electron chi connectivity index (χ1n) is 3.95. The molecule has 0 bridgehead atoms. The lowest BCUT2D eigenvalue weighted by Gasteiger charge is -2.20.